The highest BCUT2D eigenvalue weighted by molar-refractivity contribution is 7.89. The van der Waals surface area contributed by atoms with Crippen LogP contribution in [0.3, 0.4) is 0 Å². The van der Waals surface area contributed by atoms with Crippen molar-refractivity contribution in [2.45, 2.75) is 76.3 Å². The molecule has 0 bridgehead atoms. The maximum absolute atomic E-state index is 12.6. The number of benzene rings is 1. The van der Waals surface area contributed by atoms with E-state index in [2.05, 4.69) is 11.6 Å². The lowest BCUT2D eigenvalue weighted by molar-refractivity contribution is -0.133. The van der Waals surface area contributed by atoms with Gasteiger partial charge in [0.2, 0.25) is 15.9 Å². The van der Waals surface area contributed by atoms with E-state index >= 15 is 0 Å². The van der Waals surface area contributed by atoms with E-state index < -0.39 is 16.1 Å². The second-order valence-electron chi connectivity index (χ2n) is 7.07. The Kier molecular flexibility index (Phi) is 6.63. The molecule has 1 aromatic carbocycles. The van der Waals surface area contributed by atoms with Crippen molar-refractivity contribution in [1.29, 1.82) is 0 Å². The van der Waals surface area contributed by atoms with Crippen LogP contribution >= 0.6 is 0 Å². The SMILES string of the molecule is CCCc1ccc(S(=O)(=O)NC(C)C(=O)N(C)C2CCCC2)cc1C. The van der Waals surface area contributed by atoms with Gasteiger partial charge in [0.25, 0.3) is 0 Å². The molecule has 0 spiro atoms. The Morgan fingerprint density at radius 1 is 1.32 bits per heavy atom. The van der Waals surface area contributed by atoms with Crippen molar-refractivity contribution in [3.8, 4) is 0 Å². The van der Waals surface area contributed by atoms with Crippen LogP contribution in [0.15, 0.2) is 23.1 Å². The van der Waals surface area contributed by atoms with Crippen molar-refractivity contribution in [2.24, 2.45) is 0 Å². The molecule has 5 nitrogen and oxygen atoms in total. The Morgan fingerprint density at radius 3 is 2.52 bits per heavy atom. The number of carbonyl (C=O) groups excluding carboxylic acids is 1. The van der Waals surface area contributed by atoms with Gasteiger partial charge in [0, 0.05) is 13.1 Å². The number of hydrogen-bond donors (Lipinski definition) is 1. The Balaban J connectivity index is 2.09. The zero-order chi connectivity index (χ0) is 18.6. The highest BCUT2D eigenvalue weighted by Crippen LogP contribution is 2.23. The molecule has 1 unspecified atom stereocenters. The van der Waals surface area contributed by atoms with Crippen LogP contribution < -0.4 is 4.72 Å². The van der Waals surface area contributed by atoms with E-state index in [-0.39, 0.29) is 16.8 Å². The summed E-state index contributed by atoms with van der Waals surface area (Å²) in [6.07, 6.45) is 6.21. The number of nitrogens with zero attached hydrogens (tertiary/aromatic N) is 1. The van der Waals surface area contributed by atoms with Crippen LogP contribution in [0.1, 0.15) is 57.1 Å². The fourth-order valence-corrected chi connectivity index (χ4v) is 4.79. The van der Waals surface area contributed by atoms with Gasteiger partial charge in [-0.25, -0.2) is 8.42 Å². The molecule has 2 rings (SSSR count). The average molecular weight is 367 g/mol. The predicted molar refractivity (Wildman–Crippen MR) is 100.0 cm³/mol. The van der Waals surface area contributed by atoms with E-state index in [4.69, 9.17) is 0 Å². The van der Waals surface area contributed by atoms with E-state index in [1.807, 2.05) is 13.0 Å². The van der Waals surface area contributed by atoms with E-state index in [9.17, 15) is 13.2 Å². The smallest absolute Gasteiger partial charge is 0.241 e. The first kappa shape index (κ1) is 19.9. The third-order valence-corrected chi connectivity index (χ3v) is 6.60. The number of hydrogen-bond acceptors (Lipinski definition) is 3. The lowest BCUT2D eigenvalue weighted by Gasteiger charge is -2.27. The van der Waals surface area contributed by atoms with E-state index in [0.717, 1.165) is 49.7 Å². The summed E-state index contributed by atoms with van der Waals surface area (Å²) in [5, 5.41) is 0. The van der Waals surface area contributed by atoms with Crippen LogP contribution in [0, 0.1) is 6.92 Å². The molecular formula is C19H30N2O3S. The number of nitrogens with one attached hydrogen (secondary N) is 1. The molecule has 1 aromatic rings. The first-order valence-electron chi connectivity index (χ1n) is 9.14. The second kappa shape index (κ2) is 8.32. The molecule has 1 atom stereocenters. The van der Waals surface area contributed by atoms with Crippen LogP contribution in [-0.4, -0.2) is 38.4 Å². The molecule has 25 heavy (non-hydrogen) atoms. The van der Waals surface area contributed by atoms with Crippen LogP contribution in [0.2, 0.25) is 0 Å². The number of aryl methyl sites for hydroxylation is 2. The van der Waals surface area contributed by atoms with Gasteiger partial charge in [-0.05, 0) is 56.4 Å². The Labute approximate surface area is 151 Å². The predicted octanol–water partition coefficient (Wildman–Crippen LogP) is 3.02. The molecule has 1 aliphatic carbocycles. The van der Waals surface area contributed by atoms with Gasteiger partial charge in [-0.15, -0.1) is 0 Å². The molecule has 0 radical (unpaired) electrons. The van der Waals surface area contributed by atoms with E-state index in [1.165, 1.54) is 0 Å². The number of likely N-dealkylation sites (N-methyl/N-ethyl adjacent to an activating group) is 1. The van der Waals surface area contributed by atoms with Crippen LogP contribution in [0.25, 0.3) is 0 Å². The Bertz CT molecular complexity index is 709. The molecule has 6 heteroatoms. The number of sulfonamides is 1. The lowest BCUT2D eigenvalue weighted by Crippen LogP contribution is -2.48. The van der Waals surface area contributed by atoms with Gasteiger partial charge in [0.05, 0.1) is 10.9 Å². The average Bonchev–Trinajstić information content (AvgIpc) is 3.09. The van der Waals surface area contributed by atoms with Gasteiger partial charge in [-0.3, -0.25) is 4.79 Å². The summed E-state index contributed by atoms with van der Waals surface area (Å²) in [4.78, 5) is 14.5. The van der Waals surface area contributed by atoms with Gasteiger partial charge < -0.3 is 4.90 Å². The number of carbonyl (C=O) groups is 1. The molecule has 0 aromatic heterocycles. The standard InChI is InChI=1S/C19H30N2O3S/c1-5-8-16-11-12-18(13-14(16)2)25(23,24)20-15(3)19(22)21(4)17-9-6-7-10-17/h11-13,15,17,20H,5-10H2,1-4H3. The normalized spacial score (nSPS) is 16.8. The van der Waals surface area contributed by atoms with Gasteiger partial charge in [-0.1, -0.05) is 32.3 Å². The number of amides is 1. The van der Waals surface area contributed by atoms with Crippen LogP contribution in [0.5, 0.6) is 0 Å². The van der Waals surface area contributed by atoms with Crippen molar-refractivity contribution < 1.29 is 13.2 Å². The molecular weight excluding hydrogens is 336 g/mol. The first-order valence-corrected chi connectivity index (χ1v) is 10.6. The largest absolute Gasteiger partial charge is 0.341 e. The summed E-state index contributed by atoms with van der Waals surface area (Å²) in [6, 6.07) is 4.63. The van der Waals surface area contributed by atoms with E-state index in [0.29, 0.717) is 0 Å². The second-order valence-corrected chi connectivity index (χ2v) is 8.78. The van der Waals surface area contributed by atoms with Gasteiger partial charge >= 0.3 is 0 Å². The van der Waals surface area contributed by atoms with Crippen molar-refractivity contribution in [3.63, 3.8) is 0 Å². The summed E-state index contributed by atoms with van der Waals surface area (Å²) in [5.41, 5.74) is 2.12. The molecule has 1 amide bonds. The zero-order valence-electron chi connectivity index (χ0n) is 15.7. The van der Waals surface area contributed by atoms with Crippen molar-refractivity contribution >= 4 is 15.9 Å². The van der Waals surface area contributed by atoms with Crippen LogP contribution in [0.4, 0.5) is 0 Å². The molecule has 1 aliphatic rings. The third-order valence-electron chi connectivity index (χ3n) is 5.07. The third kappa shape index (κ3) is 4.82. The summed E-state index contributed by atoms with van der Waals surface area (Å²) in [6.45, 7) is 5.63. The Morgan fingerprint density at radius 2 is 1.96 bits per heavy atom. The van der Waals surface area contributed by atoms with Crippen LogP contribution in [-0.2, 0) is 21.2 Å². The maximum atomic E-state index is 12.6. The van der Waals surface area contributed by atoms with Crippen molar-refractivity contribution in [2.75, 3.05) is 7.05 Å². The number of rotatable bonds is 7. The summed E-state index contributed by atoms with van der Waals surface area (Å²) in [5.74, 6) is -0.171. The minimum absolute atomic E-state index is 0.171. The first-order chi connectivity index (χ1) is 11.8. The lowest BCUT2D eigenvalue weighted by atomic mass is 10.1. The van der Waals surface area contributed by atoms with Gasteiger partial charge in [-0.2, -0.15) is 4.72 Å². The quantitative estimate of drug-likeness (QED) is 0.807. The molecule has 0 heterocycles. The monoisotopic (exact) mass is 366 g/mol. The topological polar surface area (TPSA) is 66.5 Å². The summed E-state index contributed by atoms with van der Waals surface area (Å²) >= 11 is 0. The Hall–Kier alpha value is -1.40. The van der Waals surface area contributed by atoms with Gasteiger partial charge in [0.1, 0.15) is 0 Å². The molecule has 0 aliphatic heterocycles. The van der Waals surface area contributed by atoms with Gasteiger partial charge in [0.15, 0.2) is 0 Å². The fourth-order valence-electron chi connectivity index (χ4n) is 3.51. The highest BCUT2D eigenvalue weighted by Gasteiger charge is 2.29. The summed E-state index contributed by atoms with van der Waals surface area (Å²) in [7, 11) is -1.94. The molecule has 0 saturated heterocycles. The summed E-state index contributed by atoms with van der Waals surface area (Å²) < 4.78 is 27.8. The molecule has 1 N–H and O–H groups in total. The molecule has 140 valence electrons. The van der Waals surface area contributed by atoms with E-state index in [1.54, 1.807) is 31.0 Å². The highest BCUT2D eigenvalue weighted by atomic mass is 32.2. The van der Waals surface area contributed by atoms with Crippen molar-refractivity contribution in [3.05, 3.63) is 29.3 Å². The minimum atomic E-state index is -3.71. The minimum Gasteiger partial charge on any atom is -0.341 e. The molecule has 1 fully saturated rings. The molecule has 1 saturated carbocycles. The maximum Gasteiger partial charge on any atom is 0.241 e. The fraction of sp³-hybridized carbons (Fsp3) is 0.632. The van der Waals surface area contributed by atoms with Crippen molar-refractivity contribution in [1.82, 2.24) is 9.62 Å². The zero-order valence-corrected chi connectivity index (χ0v) is 16.5.